The summed E-state index contributed by atoms with van der Waals surface area (Å²) in [6, 6.07) is 5.71. The van der Waals surface area contributed by atoms with Crippen LogP contribution in [0.3, 0.4) is 0 Å². The van der Waals surface area contributed by atoms with E-state index in [0.717, 1.165) is 16.9 Å². The zero-order valence-corrected chi connectivity index (χ0v) is 11.5. The van der Waals surface area contributed by atoms with E-state index in [0.29, 0.717) is 18.0 Å². The summed E-state index contributed by atoms with van der Waals surface area (Å²) in [6.07, 6.45) is 1.93. The molecule has 0 saturated heterocycles. The number of aromatic nitrogens is 2. The van der Waals surface area contributed by atoms with E-state index in [2.05, 4.69) is 15.5 Å². The number of hydrogen-bond donors (Lipinski definition) is 3. The number of nitrogens with zero attached hydrogens (tertiary/aromatic N) is 1. The van der Waals surface area contributed by atoms with Gasteiger partial charge in [-0.05, 0) is 32.9 Å². The van der Waals surface area contributed by atoms with Crippen LogP contribution in [0.5, 0.6) is 5.75 Å². The van der Waals surface area contributed by atoms with E-state index in [1.54, 1.807) is 0 Å². The summed E-state index contributed by atoms with van der Waals surface area (Å²) in [5.41, 5.74) is 9.73. The van der Waals surface area contributed by atoms with Crippen molar-refractivity contribution in [2.45, 2.75) is 33.4 Å². The Balaban J connectivity index is 2.06. The van der Waals surface area contributed by atoms with Gasteiger partial charge in [0.2, 0.25) is 0 Å². The summed E-state index contributed by atoms with van der Waals surface area (Å²) in [5, 5.41) is 10.2. The van der Waals surface area contributed by atoms with E-state index < -0.39 is 0 Å². The molecule has 102 valence electrons. The lowest BCUT2D eigenvalue weighted by molar-refractivity contribution is 0.244. The third kappa shape index (κ3) is 3.40. The van der Waals surface area contributed by atoms with Gasteiger partial charge < -0.3 is 15.8 Å². The number of anilines is 2. The molecule has 19 heavy (non-hydrogen) atoms. The summed E-state index contributed by atoms with van der Waals surface area (Å²) in [5.74, 6) is 0.712. The van der Waals surface area contributed by atoms with Crippen molar-refractivity contribution in [3.63, 3.8) is 0 Å². The summed E-state index contributed by atoms with van der Waals surface area (Å²) in [7, 11) is 0. The number of hydrogen-bond acceptors (Lipinski definition) is 4. The van der Waals surface area contributed by atoms with Gasteiger partial charge in [0, 0.05) is 29.6 Å². The van der Waals surface area contributed by atoms with Crippen molar-refractivity contribution < 1.29 is 4.74 Å². The Morgan fingerprint density at radius 1 is 1.42 bits per heavy atom. The lowest BCUT2D eigenvalue weighted by Gasteiger charge is -2.14. The van der Waals surface area contributed by atoms with Gasteiger partial charge in [0.25, 0.3) is 0 Å². The SMILES string of the molecule is Cc1[nH]ncc1CNc1ccc(N)c(OC(C)C)c1. The zero-order valence-electron chi connectivity index (χ0n) is 11.5. The van der Waals surface area contributed by atoms with Crippen molar-refractivity contribution in [3.8, 4) is 5.75 Å². The van der Waals surface area contributed by atoms with Crippen molar-refractivity contribution in [1.29, 1.82) is 0 Å². The largest absolute Gasteiger partial charge is 0.489 e. The van der Waals surface area contributed by atoms with Crippen LogP contribution in [0.4, 0.5) is 11.4 Å². The monoisotopic (exact) mass is 260 g/mol. The smallest absolute Gasteiger partial charge is 0.144 e. The highest BCUT2D eigenvalue weighted by Gasteiger charge is 2.05. The van der Waals surface area contributed by atoms with Gasteiger partial charge >= 0.3 is 0 Å². The molecule has 0 atom stereocenters. The van der Waals surface area contributed by atoms with E-state index in [1.165, 1.54) is 0 Å². The molecule has 0 aliphatic rings. The maximum atomic E-state index is 5.88. The van der Waals surface area contributed by atoms with Crippen LogP contribution in [0, 0.1) is 6.92 Å². The van der Waals surface area contributed by atoms with Crippen LogP contribution in [0.15, 0.2) is 24.4 Å². The fourth-order valence-electron chi connectivity index (χ4n) is 1.75. The molecule has 0 saturated carbocycles. The van der Waals surface area contributed by atoms with E-state index in [4.69, 9.17) is 10.5 Å². The van der Waals surface area contributed by atoms with E-state index in [-0.39, 0.29) is 6.10 Å². The van der Waals surface area contributed by atoms with Crippen molar-refractivity contribution in [2.75, 3.05) is 11.1 Å². The van der Waals surface area contributed by atoms with Gasteiger partial charge in [-0.2, -0.15) is 5.10 Å². The number of aromatic amines is 1. The van der Waals surface area contributed by atoms with Gasteiger partial charge in [0.15, 0.2) is 0 Å². The highest BCUT2D eigenvalue weighted by molar-refractivity contribution is 5.61. The Kier molecular flexibility index (Phi) is 3.94. The first kappa shape index (κ1) is 13.3. The van der Waals surface area contributed by atoms with Crippen LogP contribution in [-0.4, -0.2) is 16.3 Å². The molecule has 1 aromatic carbocycles. The topological polar surface area (TPSA) is 76.0 Å². The van der Waals surface area contributed by atoms with E-state index in [9.17, 15) is 0 Å². The van der Waals surface area contributed by atoms with Crippen LogP contribution >= 0.6 is 0 Å². The Morgan fingerprint density at radius 2 is 2.21 bits per heavy atom. The molecule has 5 heteroatoms. The number of nitrogens with two attached hydrogens (primary N) is 1. The molecule has 2 rings (SSSR count). The van der Waals surface area contributed by atoms with Crippen LogP contribution in [0.1, 0.15) is 25.1 Å². The van der Waals surface area contributed by atoms with E-state index in [1.807, 2.05) is 45.2 Å². The van der Waals surface area contributed by atoms with Gasteiger partial charge in [0.05, 0.1) is 18.0 Å². The highest BCUT2D eigenvalue weighted by Crippen LogP contribution is 2.26. The van der Waals surface area contributed by atoms with Crippen molar-refractivity contribution in [3.05, 3.63) is 35.7 Å². The predicted octanol–water partition coefficient (Wildman–Crippen LogP) is 2.70. The molecule has 0 aliphatic carbocycles. The minimum Gasteiger partial charge on any atom is -0.489 e. The third-order valence-electron chi connectivity index (χ3n) is 2.79. The lowest BCUT2D eigenvalue weighted by Crippen LogP contribution is -2.08. The zero-order chi connectivity index (χ0) is 13.8. The molecule has 0 bridgehead atoms. The van der Waals surface area contributed by atoms with Gasteiger partial charge in [-0.1, -0.05) is 0 Å². The standard InChI is InChI=1S/C14H20N4O/c1-9(2)19-14-6-12(4-5-13(14)15)16-7-11-8-17-18-10(11)3/h4-6,8-9,16H,7,15H2,1-3H3,(H,17,18). The lowest BCUT2D eigenvalue weighted by atomic mass is 10.2. The average molecular weight is 260 g/mol. The molecule has 0 amide bonds. The summed E-state index contributed by atoms with van der Waals surface area (Å²) >= 11 is 0. The molecular formula is C14H20N4O. The molecule has 1 aromatic heterocycles. The van der Waals surface area contributed by atoms with Crippen LogP contribution in [-0.2, 0) is 6.54 Å². The molecule has 0 aliphatic heterocycles. The van der Waals surface area contributed by atoms with Crippen LogP contribution in [0.25, 0.3) is 0 Å². The van der Waals surface area contributed by atoms with Crippen LogP contribution in [0.2, 0.25) is 0 Å². The molecule has 0 fully saturated rings. The molecule has 0 unspecified atom stereocenters. The first-order chi connectivity index (χ1) is 9.06. The Hall–Kier alpha value is -2.17. The van der Waals surface area contributed by atoms with Crippen molar-refractivity contribution >= 4 is 11.4 Å². The number of aryl methyl sites for hydroxylation is 1. The second kappa shape index (κ2) is 5.65. The van der Waals surface area contributed by atoms with Gasteiger partial charge in [-0.25, -0.2) is 0 Å². The Labute approximate surface area is 113 Å². The molecule has 0 spiro atoms. The maximum absolute atomic E-state index is 5.88. The average Bonchev–Trinajstić information content (AvgIpc) is 2.75. The Bertz CT molecular complexity index is 548. The number of ether oxygens (including phenoxy) is 1. The minimum absolute atomic E-state index is 0.105. The molecular weight excluding hydrogens is 240 g/mol. The fraction of sp³-hybridized carbons (Fsp3) is 0.357. The number of H-pyrrole nitrogens is 1. The van der Waals surface area contributed by atoms with Gasteiger partial charge in [-0.3, -0.25) is 5.10 Å². The fourth-order valence-corrected chi connectivity index (χ4v) is 1.75. The van der Waals surface area contributed by atoms with E-state index >= 15 is 0 Å². The number of rotatable bonds is 5. The summed E-state index contributed by atoms with van der Waals surface area (Å²) in [6.45, 7) is 6.68. The Morgan fingerprint density at radius 3 is 2.84 bits per heavy atom. The van der Waals surface area contributed by atoms with Crippen molar-refractivity contribution in [1.82, 2.24) is 10.2 Å². The molecule has 2 aromatic rings. The maximum Gasteiger partial charge on any atom is 0.144 e. The first-order valence-electron chi connectivity index (χ1n) is 6.35. The second-order valence-corrected chi connectivity index (χ2v) is 4.79. The van der Waals surface area contributed by atoms with Gasteiger partial charge in [-0.15, -0.1) is 0 Å². The summed E-state index contributed by atoms with van der Waals surface area (Å²) < 4.78 is 5.66. The highest BCUT2D eigenvalue weighted by atomic mass is 16.5. The number of nitrogens with one attached hydrogen (secondary N) is 2. The second-order valence-electron chi connectivity index (χ2n) is 4.79. The number of benzene rings is 1. The first-order valence-corrected chi connectivity index (χ1v) is 6.35. The van der Waals surface area contributed by atoms with Crippen LogP contribution < -0.4 is 15.8 Å². The normalized spacial score (nSPS) is 10.7. The van der Waals surface area contributed by atoms with Crippen molar-refractivity contribution in [2.24, 2.45) is 0 Å². The quantitative estimate of drug-likeness (QED) is 0.722. The summed E-state index contributed by atoms with van der Waals surface area (Å²) in [4.78, 5) is 0. The number of nitrogen functional groups attached to an aromatic ring is 1. The van der Waals surface area contributed by atoms with Gasteiger partial charge in [0.1, 0.15) is 5.75 Å². The molecule has 0 radical (unpaired) electrons. The third-order valence-corrected chi connectivity index (χ3v) is 2.79. The molecule has 4 N–H and O–H groups in total. The molecule has 1 heterocycles. The predicted molar refractivity (Wildman–Crippen MR) is 77.3 cm³/mol. The molecule has 5 nitrogen and oxygen atoms in total. The minimum atomic E-state index is 0.105.